The molecule has 0 saturated carbocycles. The summed E-state index contributed by atoms with van der Waals surface area (Å²) in [5.74, 6) is -1.88. The Labute approximate surface area is 173 Å². The summed E-state index contributed by atoms with van der Waals surface area (Å²) in [6.45, 7) is -0.554. The lowest BCUT2D eigenvalue weighted by Gasteiger charge is -2.12. The lowest BCUT2D eigenvalue weighted by molar-refractivity contribution is -0.385. The highest BCUT2D eigenvalue weighted by Crippen LogP contribution is 2.34. The first kappa shape index (κ1) is 21.0. The molecule has 1 saturated heterocycles. The van der Waals surface area contributed by atoms with Crippen LogP contribution in [0, 0.1) is 15.9 Å². The predicted molar refractivity (Wildman–Crippen MR) is 107 cm³/mol. The monoisotopic (exact) mass is 431 g/mol. The number of nitrogens with one attached hydrogen (secondary N) is 1. The third-order valence-corrected chi connectivity index (χ3v) is 4.89. The van der Waals surface area contributed by atoms with Gasteiger partial charge in [0.1, 0.15) is 12.4 Å². The molecule has 1 aliphatic heterocycles. The maximum atomic E-state index is 13.2. The summed E-state index contributed by atoms with van der Waals surface area (Å²) < 4.78 is 18.1. The number of benzene rings is 2. The van der Waals surface area contributed by atoms with Crippen LogP contribution >= 0.6 is 11.8 Å². The van der Waals surface area contributed by atoms with Gasteiger partial charge in [0.05, 0.1) is 16.9 Å². The fourth-order valence-corrected chi connectivity index (χ4v) is 3.48. The molecule has 0 aromatic heterocycles. The van der Waals surface area contributed by atoms with Crippen LogP contribution in [0.2, 0.25) is 0 Å². The van der Waals surface area contributed by atoms with Crippen molar-refractivity contribution in [2.24, 2.45) is 0 Å². The van der Waals surface area contributed by atoms with Crippen LogP contribution in [0.3, 0.4) is 0 Å². The third kappa shape index (κ3) is 4.63. The van der Waals surface area contributed by atoms with E-state index in [1.807, 2.05) is 0 Å². The average Bonchev–Trinajstić information content (AvgIpc) is 2.95. The number of imide groups is 1. The van der Waals surface area contributed by atoms with Gasteiger partial charge in [0.15, 0.2) is 5.75 Å². The van der Waals surface area contributed by atoms with E-state index in [0.717, 1.165) is 11.0 Å². The SMILES string of the molecule is COc1ccc(/C=C2/SC(=O)N(CC(=O)Nc3cccc(F)c3)C2=O)cc1[N+](=O)[O-]. The van der Waals surface area contributed by atoms with E-state index in [4.69, 9.17) is 4.74 Å². The molecule has 2 aromatic carbocycles. The molecule has 0 bridgehead atoms. The van der Waals surface area contributed by atoms with Crippen molar-refractivity contribution in [3.05, 3.63) is 68.9 Å². The maximum Gasteiger partial charge on any atom is 0.311 e. The molecule has 3 amide bonds. The second kappa shape index (κ2) is 8.74. The zero-order valence-electron chi connectivity index (χ0n) is 15.5. The molecule has 1 N–H and O–H groups in total. The molecule has 0 aliphatic carbocycles. The Morgan fingerprint density at radius 3 is 2.73 bits per heavy atom. The minimum Gasteiger partial charge on any atom is -0.490 e. The van der Waals surface area contributed by atoms with E-state index < -0.39 is 34.3 Å². The fourth-order valence-electron chi connectivity index (χ4n) is 2.64. The van der Waals surface area contributed by atoms with Crippen molar-refractivity contribution in [1.29, 1.82) is 0 Å². The Hall–Kier alpha value is -3.73. The quantitative estimate of drug-likeness (QED) is 0.423. The minimum absolute atomic E-state index is 0.0121. The van der Waals surface area contributed by atoms with Gasteiger partial charge in [-0.15, -0.1) is 0 Å². The number of rotatable bonds is 6. The number of methoxy groups -OCH3 is 1. The number of anilines is 1. The van der Waals surface area contributed by atoms with Crippen molar-refractivity contribution in [2.45, 2.75) is 0 Å². The molecule has 3 rings (SSSR count). The molecule has 1 fully saturated rings. The van der Waals surface area contributed by atoms with Crippen molar-refractivity contribution in [3.63, 3.8) is 0 Å². The Balaban J connectivity index is 1.75. The Kier molecular flexibility index (Phi) is 6.11. The summed E-state index contributed by atoms with van der Waals surface area (Å²) in [6.07, 6.45) is 1.32. The first-order chi connectivity index (χ1) is 14.3. The summed E-state index contributed by atoms with van der Waals surface area (Å²) in [4.78, 5) is 48.1. The van der Waals surface area contributed by atoms with Crippen LogP contribution in [0.25, 0.3) is 6.08 Å². The molecule has 2 aromatic rings. The van der Waals surface area contributed by atoms with Crippen molar-refractivity contribution < 1.29 is 28.4 Å². The molecular weight excluding hydrogens is 417 g/mol. The highest BCUT2D eigenvalue weighted by Gasteiger charge is 2.36. The number of hydrogen-bond acceptors (Lipinski definition) is 7. The number of hydrogen-bond donors (Lipinski definition) is 1. The van der Waals surface area contributed by atoms with Gasteiger partial charge >= 0.3 is 5.69 Å². The van der Waals surface area contributed by atoms with Gasteiger partial charge < -0.3 is 10.1 Å². The molecule has 1 aliphatic rings. The van der Waals surface area contributed by atoms with Gasteiger partial charge in [-0.25, -0.2) is 4.39 Å². The second-order valence-corrected chi connectivity index (χ2v) is 7.01. The van der Waals surface area contributed by atoms with Gasteiger partial charge in [-0.2, -0.15) is 0 Å². The molecule has 0 spiro atoms. The zero-order valence-corrected chi connectivity index (χ0v) is 16.3. The van der Waals surface area contributed by atoms with E-state index >= 15 is 0 Å². The summed E-state index contributed by atoms with van der Waals surface area (Å²) in [7, 11) is 1.29. The number of thioether (sulfide) groups is 1. The minimum atomic E-state index is -0.710. The van der Waals surface area contributed by atoms with E-state index in [2.05, 4.69) is 5.32 Å². The highest BCUT2D eigenvalue weighted by molar-refractivity contribution is 8.18. The Bertz CT molecular complexity index is 1090. The molecule has 1 heterocycles. The van der Waals surface area contributed by atoms with Gasteiger partial charge in [-0.1, -0.05) is 12.1 Å². The van der Waals surface area contributed by atoms with Gasteiger partial charge in [0.25, 0.3) is 11.1 Å². The van der Waals surface area contributed by atoms with E-state index in [1.54, 1.807) is 0 Å². The van der Waals surface area contributed by atoms with Gasteiger partial charge in [-0.3, -0.25) is 29.4 Å². The number of carbonyl (C=O) groups excluding carboxylic acids is 3. The van der Waals surface area contributed by atoms with Gasteiger partial charge in [0, 0.05) is 11.8 Å². The van der Waals surface area contributed by atoms with Crippen LogP contribution in [0.4, 0.5) is 20.6 Å². The van der Waals surface area contributed by atoms with Crippen molar-refractivity contribution in [3.8, 4) is 5.75 Å². The highest BCUT2D eigenvalue weighted by atomic mass is 32.2. The molecule has 30 heavy (non-hydrogen) atoms. The number of nitrogens with zero attached hydrogens (tertiary/aromatic N) is 2. The fraction of sp³-hybridized carbons (Fsp3) is 0.105. The zero-order chi connectivity index (χ0) is 21.8. The number of amides is 3. The number of nitro groups is 1. The van der Waals surface area contributed by atoms with E-state index in [1.165, 1.54) is 49.6 Å². The van der Waals surface area contributed by atoms with Crippen LogP contribution in [-0.2, 0) is 9.59 Å². The topological polar surface area (TPSA) is 119 Å². The van der Waals surface area contributed by atoms with Crippen LogP contribution in [0.15, 0.2) is 47.4 Å². The molecule has 9 nitrogen and oxygen atoms in total. The molecule has 154 valence electrons. The Morgan fingerprint density at radius 1 is 1.30 bits per heavy atom. The van der Waals surface area contributed by atoms with E-state index in [9.17, 15) is 28.9 Å². The lowest BCUT2D eigenvalue weighted by Crippen LogP contribution is -2.36. The average molecular weight is 431 g/mol. The first-order valence-corrected chi connectivity index (χ1v) is 9.23. The van der Waals surface area contributed by atoms with E-state index in [-0.39, 0.29) is 22.0 Å². The number of ether oxygens (including phenoxy) is 1. The predicted octanol–water partition coefficient (Wildman–Crippen LogP) is 3.42. The molecule has 0 unspecified atom stereocenters. The first-order valence-electron chi connectivity index (χ1n) is 8.41. The van der Waals surface area contributed by atoms with Crippen LogP contribution in [0.1, 0.15) is 5.56 Å². The molecular formula is C19H14FN3O6S. The summed E-state index contributed by atoms with van der Waals surface area (Å²) in [5, 5.41) is 12.9. The normalized spacial score (nSPS) is 14.9. The number of halogens is 1. The van der Waals surface area contributed by atoms with Crippen LogP contribution in [0.5, 0.6) is 5.75 Å². The van der Waals surface area contributed by atoms with Gasteiger partial charge in [-0.05, 0) is 47.7 Å². The molecule has 11 heteroatoms. The summed E-state index contributed by atoms with van der Waals surface area (Å²) in [5.41, 5.74) is 0.213. The van der Waals surface area contributed by atoms with Crippen molar-refractivity contribution in [2.75, 3.05) is 19.0 Å². The van der Waals surface area contributed by atoms with E-state index in [0.29, 0.717) is 17.3 Å². The van der Waals surface area contributed by atoms with Crippen LogP contribution < -0.4 is 10.1 Å². The smallest absolute Gasteiger partial charge is 0.311 e. The second-order valence-electron chi connectivity index (χ2n) is 6.01. The lowest BCUT2D eigenvalue weighted by atomic mass is 10.1. The third-order valence-electron chi connectivity index (χ3n) is 3.98. The van der Waals surface area contributed by atoms with Crippen LogP contribution in [-0.4, -0.2) is 40.5 Å². The van der Waals surface area contributed by atoms with Gasteiger partial charge in [0.2, 0.25) is 5.91 Å². The summed E-state index contributed by atoms with van der Waals surface area (Å²) in [6, 6.07) is 9.26. The standard InChI is InChI=1S/C19H14FN3O6S/c1-29-15-6-5-11(7-14(15)23(27)28)8-16-18(25)22(19(26)30-16)10-17(24)21-13-4-2-3-12(20)9-13/h2-9H,10H2,1H3,(H,21,24)/b16-8+. The number of carbonyl (C=O) groups is 3. The summed E-state index contributed by atoms with van der Waals surface area (Å²) >= 11 is 0.609. The molecule has 0 radical (unpaired) electrons. The molecule has 0 atom stereocenters. The van der Waals surface area contributed by atoms with Crippen molar-refractivity contribution in [1.82, 2.24) is 4.90 Å². The maximum absolute atomic E-state index is 13.2. The largest absolute Gasteiger partial charge is 0.490 e. The number of nitro benzene ring substituents is 1. The Morgan fingerprint density at radius 2 is 2.07 bits per heavy atom. The van der Waals surface area contributed by atoms with Crippen molar-refractivity contribution >= 4 is 46.3 Å².